The summed E-state index contributed by atoms with van der Waals surface area (Å²) in [6, 6.07) is 2.42. The van der Waals surface area contributed by atoms with Crippen molar-refractivity contribution >= 4 is 23.8 Å². The van der Waals surface area contributed by atoms with Gasteiger partial charge in [0.25, 0.3) is 11.8 Å². The van der Waals surface area contributed by atoms with Gasteiger partial charge in [0.05, 0.1) is 35.5 Å². The van der Waals surface area contributed by atoms with Crippen molar-refractivity contribution in [2.24, 2.45) is 0 Å². The molecule has 0 aliphatic heterocycles. The standard InChI is InChI=1S/C18H24N2O6/c1-7-25-17(23)13-9-11(15(21)19(3)4)12(16(22)20(5)6)10-14(13)18(24)26-8-2/h9-10H,7-8H2,1-6H3. The van der Waals surface area contributed by atoms with Crippen LogP contribution in [0.4, 0.5) is 0 Å². The third-order valence-electron chi connectivity index (χ3n) is 3.42. The molecule has 0 aliphatic rings. The van der Waals surface area contributed by atoms with Crippen LogP contribution in [0.15, 0.2) is 12.1 Å². The SMILES string of the molecule is CCOC(=O)c1cc(C(=O)N(C)C)c(C(=O)N(C)C)cc1C(=O)OCC. The van der Waals surface area contributed by atoms with E-state index in [4.69, 9.17) is 9.47 Å². The Morgan fingerprint density at radius 3 is 1.23 bits per heavy atom. The van der Waals surface area contributed by atoms with Gasteiger partial charge in [-0.2, -0.15) is 0 Å². The first kappa shape index (κ1) is 21.1. The third-order valence-corrected chi connectivity index (χ3v) is 3.42. The molecule has 1 rings (SSSR count). The van der Waals surface area contributed by atoms with Crippen molar-refractivity contribution < 1.29 is 28.7 Å². The minimum absolute atomic E-state index is 0.00445. The van der Waals surface area contributed by atoms with Crippen molar-refractivity contribution in [1.29, 1.82) is 0 Å². The zero-order valence-electron chi connectivity index (χ0n) is 15.9. The highest BCUT2D eigenvalue weighted by Crippen LogP contribution is 2.22. The number of carbonyl (C=O) groups is 4. The maximum Gasteiger partial charge on any atom is 0.339 e. The molecule has 0 saturated carbocycles. The van der Waals surface area contributed by atoms with E-state index >= 15 is 0 Å². The van der Waals surface area contributed by atoms with Gasteiger partial charge in [0.2, 0.25) is 0 Å². The van der Waals surface area contributed by atoms with Gasteiger partial charge in [-0.05, 0) is 26.0 Å². The van der Waals surface area contributed by atoms with Gasteiger partial charge in [-0.3, -0.25) is 9.59 Å². The first-order valence-corrected chi connectivity index (χ1v) is 8.11. The highest BCUT2D eigenvalue weighted by atomic mass is 16.5. The fourth-order valence-corrected chi connectivity index (χ4v) is 2.19. The van der Waals surface area contributed by atoms with Crippen molar-refractivity contribution in [3.63, 3.8) is 0 Å². The van der Waals surface area contributed by atoms with Gasteiger partial charge in [-0.1, -0.05) is 0 Å². The van der Waals surface area contributed by atoms with Crippen molar-refractivity contribution in [1.82, 2.24) is 9.80 Å². The minimum atomic E-state index is -0.771. The van der Waals surface area contributed by atoms with Gasteiger partial charge in [-0.15, -0.1) is 0 Å². The Hall–Kier alpha value is -2.90. The molecule has 0 N–H and O–H groups in total. The molecule has 1 aromatic carbocycles. The Balaban J connectivity index is 3.75. The van der Waals surface area contributed by atoms with E-state index in [-0.39, 0.29) is 35.5 Å². The first-order valence-electron chi connectivity index (χ1n) is 8.11. The summed E-state index contributed by atoms with van der Waals surface area (Å²) < 4.78 is 9.95. The summed E-state index contributed by atoms with van der Waals surface area (Å²) in [5.41, 5.74) is -0.230. The average molecular weight is 364 g/mol. The number of esters is 2. The topological polar surface area (TPSA) is 93.2 Å². The summed E-state index contributed by atoms with van der Waals surface area (Å²) in [5.74, 6) is -2.49. The van der Waals surface area contributed by atoms with Gasteiger partial charge in [0.1, 0.15) is 0 Å². The van der Waals surface area contributed by atoms with Crippen LogP contribution in [-0.4, -0.2) is 75.0 Å². The number of nitrogens with zero attached hydrogens (tertiary/aromatic N) is 2. The van der Waals surface area contributed by atoms with Crippen molar-refractivity contribution in [2.75, 3.05) is 41.4 Å². The highest BCUT2D eigenvalue weighted by Gasteiger charge is 2.28. The Bertz CT molecular complexity index is 664. The smallest absolute Gasteiger partial charge is 0.339 e. The van der Waals surface area contributed by atoms with Crippen LogP contribution in [0.1, 0.15) is 55.3 Å². The summed E-state index contributed by atoms with van der Waals surface area (Å²) in [5, 5.41) is 0. The van der Waals surface area contributed by atoms with Gasteiger partial charge >= 0.3 is 11.9 Å². The monoisotopic (exact) mass is 364 g/mol. The zero-order valence-corrected chi connectivity index (χ0v) is 15.9. The Labute approximate surface area is 152 Å². The van der Waals surface area contributed by atoms with Crippen molar-refractivity contribution in [2.45, 2.75) is 13.8 Å². The second-order valence-electron chi connectivity index (χ2n) is 5.78. The number of hydrogen-bond donors (Lipinski definition) is 0. The van der Waals surface area contributed by atoms with Crippen LogP contribution >= 0.6 is 0 Å². The zero-order chi connectivity index (χ0) is 20.0. The van der Waals surface area contributed by atoms with Crippen LogP contribution in [-0.2, 0) is 9.47 Å². The predicted molar refractivity (Wildman–Crippen MR) is 94.4 cm³/mol. The molecule has 8 heteroatoms. The molecule has 26 heavy (non-hydrogen) atoms. The number of benzene rings is 1. The maximum atomic E-state index is 12.5. The molecular weight excluding hydrogens is 340 g/mol. The number of rotatable bonds is 6. The van der Waals surface area contributed by atoms with Crippen molar-refractivity contribution in [3.8, 4) is 0 Å². The molecule has 2 amide bonds. The van der Waals surface area contributed by atoms with Crippen LogP contribution in [0.25, 0.3) is 0 Å². The summed E-state index contributed by atoms with van der Waals surface area (Å²) >= 11 is 0. The van der Waals surface area contributed by atoms with Gasteiger partial charge in [-0.25, -0.2) is 9.59 Å². The summed E-state index contributed by atoms with van der Waals surface area (Å²) in [7, 11) is 6.09. The lowest BCUT2D eigenvalue weighted by molar-refractivity contribution is 0.0478. The summed E-state index contributed by atoms with van der Waals surface area (Å²) in [6.45, 7) is 3.43. The number of carbonyl (C=O) groups excluding carboxylic acids is 4. The van der Waals surface area contributed by atoms with E-state index in [1.807, 2.05) is 0 Å². The quantitative estimate of drug-likeness (QED) is 0.709. The minimum Gasteiger partial charge on any atom is -0.462 e. The normalized spacial score (nSPS) is 10.1. The first-order chi connectivity index (χ1) is 12.1. The predicted octanol–water partition coefficient (Wildman–Crippen LogP) is 1.44. The molecule has 0 spiro atoms. The molecule has 0 heterocycles. The second kappa shape index (κ2) is 8.98. The highest BCUT2D eigenvalue weighted by molar-refractivity contribution is 6.12. The molecule has 0 unspecified atom stereocenters. The number of ether oxygens (including phenoxy) is 2. The number of amides is 2. The second-order valence-corrected chi connectivity index (χ2v) is 5.78. The van der Waals surface area contributed by atoms with Gasteiger partial charge in [0.15, 0.2) is 0 Å². The molecule has 0 saturated heterocycles. The maximum absolute atomic E-state index is 12.5. The molecule has 0 bridgehead atoms. The lowest BCUT2D eigenvalue weighted by Gasteiger charge is -2.19. The van der Waals surface area contributed by atoms with Crippen molar-refractivity contribution in [3.05, 3.63) is 34.4 Å². The van der Waals surface area contributed by atoms with E-state index in [2.05, 4.69) is 0 Å². The molecule has 8 nitrogen and oxygen atoms in total. The fraction of sp³-hybridized carbons (Fsp3) is 0.444. The van der Waals surface area contributed by atoms with Crippen LogP contribution in [0.2, 0.25) is 0 Å². The van der Waals surface area contributed by atoms with Gasteiger partial charge in [0, 0.05) is 28.2 Å². The van der Waals surface area contributed by atoms with Crippen LogP contribution < -0.4 is 0 Å². The lowest BCUT2D eigenvalue weighted by atomic mass is 9.96. The molecular formula is C18H24N2O6. The van der Waals surface area contributed by atoms with E-state index in [1.165, 1.54) is 50.1 Å². The molecule has 0 aromatic heterocycles. The fourth-order valence-electron chi connectivity index (χ4n) is 2.19. The Morgan fingerprint density at radius 1 is 0.692 bits per heavy atom. The van der Waals surface area contributed by atoms with E-state index in [0.717, 1.165) is 0 Å². The third kappa shape index (κ3) is 4.59. The van der Waals surface area contributed by atoms with Crippen LogP contribution in [0, 0.1) is 0 Å². The lowest BCUT2D eigenvalue weighted by Crippen LogP contribution is -2.30. The summed E-state index contributed by atoms with van der Waals surface area (Å²) in [6.07, 6.45) is 0. The molecule has 0 aliphatic carbocycles. The largest absolute Gasteiger partial charge is 0.462 e. The number of hydrogen-bond acceptors (Lipinski definition) is 6. The van der Waals surface area contributed by atoms with Gasteiger partial charge < -0.3 is 19.3 Å². The summed E-state index contributed by atoms with van der Waals surface area (Å²) in [4.78, 5) is 52.2. The van der Waals surface area contributed by atoms with E-state index in [9.17, 15) is 19.2 Å². The molecule has 0 atom stereocenters. The van der Waals surface area contributed by atoms with Crippen LogP contribution in [0.3, 0.4) is 0 Å². The molecule has 142 valence electrons. The molecule has 1 aromatic rings. The average Bonchev–Trinajstić information content (AvgIpc) is 2.59. The molecule has 0 radical (unpaired) electrons. The Kier molecular flexibility index (Phi) is 7.30. The van der Waals surface area contributed by atoms with E-state index in [1.54, 1.807) is 13.8 Å². The Morgan fingerprint density at radius 2 is 1.00 bits per heavy atom. The van der Waals surface area contributed by atoms with E-state index < -0.39 is 23.8 Å². The molecule has 0 fully saturated rings. The van der Waals surface area contributed by atoms with Crippen LogP contribution in [0.5, 0.6) is 0 Å². The van der Waals surface area contributed by atoms with E-state index in [0.29, 0.717) is 0 Å².